The molecule has 0 aromatic heterocycles. The molecule has 0 aromatic carbocycles. The van der Waals surface area contributed by atoms with Crippen molar-refractivity contribution < 1.29 is 4.79 Å². The maximum Gasteiger partial charge on any atom is 0.237 e. The first-order valence-electron chi connectivity index (χ1n) is 4.64. The van der Waals surface area contributed by atoms with Crippen molar-refractivity contribution in [3.63, 3.8) is 0 Å². The van der Waals surface area contributed by atoms with Gasteiger partial charge < -0.3 is 10.6 Å². The van der Waals surface area contributed by atoms with Crippen LogP contribution in [0.4, 0.5) is 0 Å². The predicted molar refractivity (Wildman–Crippen MR) is 48.9 cm³/mol. The van der Waals surface area contributed by atoms with Gasteiger partial charge in [-0.25, -0.2) is 0 Å². The summed E-state index contributed by atoms with van der Waals surface area (Å²) in [6.45, 7) is 2.70. The lowest BCUT2D eigenvalue weighted by Gasteiger charge is -2.25. The Morgan fingerprint density at radius 1 is 1.85 bits per heavy atom. The van der Waals surface area contributed by atoms with Gasteiger partial charge in [-0.2, -0.15) is 5.26 Å². The van der Waals surface area contributed by atoms with Crippen molar-refractivity contribution in [3.8, 4) is 6.07 Å². The van der Waals surface area contributed by atoms with Crippen molar-refractivity contribution >= 4 is 5.91 Å². The van der Waals surface area contributed by atoms with Gasteiger partial charge in [-0.1, -0.05) is 0 Å². The fourth-order valence-electron chi connectivity index (χ4n) is 1.47. The van der Waals surface area contributed by atoms with E-state index >= 15 is 0 Å². The largest absolute Gasteiger partial charge is 0.355 e. The second-order valence-electron chi connectivity index (χ2n) is 3.42. The number of nitrogens with zero attached hydrogens (tertiary/aromatic N) is 1. The molecule has 4 nitrogen and oxygen atoms in total. The highest BCUT2D eigenvalue weighted by Crippen LogP contribution is 2.04. The highest BCUT2D eigenvalue weighted by molar-refractivity contribution is 5.82. The number of carbonyl (C=O) groups is 1. The van der Waals surface area contributed by atoms with Crippen LogP contribution in [-0.2, 0) is 4.79 Å². The van der Waals surface area contributed by atoms with Crippen LogP contribution in [0.25, 0.3) is 0 Å². The van der Waals surface area contributed by atoms with E-state index in [0.717, 1.165) is 19.4 Å². The average molecular weight is 181 g/mol. The van der Waals surface area contributed by atoms with Crippen molar-refractivity contribution in [3.05, 3.63) is 0 Å². The first-order chi connectivity index (χ1) is 6.24. The number of piperidine rings is 1. The number of carbonyl (C=O) groups excluding carboxylic acids is 1. The molecule has 1 fully saturated rings. The van der Waals surface area contributed by atoms with Gasteiger partial charge in [0.15, 0.2) is 0 Å². The fourth-order valence-corrected chi connectivity index (χ4v) is 1.47. The number of rotatable bonds is 3. The Morgan fingerprint density at radius 2 is 2.62 bits per heavy atom. The van der Waals surface area contributed by atoms with Crippen molar-refractivity contribution in [1.82, 2.24) is 10.6 Å². The van der Waals surface area contributed by atoms with E-state index < -0.39 is 0 Å². The first kappa shape index (κ1) is 10.0. The van der Waals surface area contributed by atoms with Crippen LogP contribution in [0.2, 0.25) is 0 Å². The van der Waals surface area contributed by atoms with Crippen molar-refractivity contribution in [2.45, 2.75) is 38.3 Å². The molecule has 1 saturated heterocycles. The molecule has 1 heterocycles. The van der Waals surface area contributed by atoms with E-state index in [0.29, 0.717) is 6.42 Å². The third kappa shape index (κ3) is 3.03. The lowest BCUT2D eigenvalue weighted by atomic mass is 10.1. The van der Waals surface area contributed by atoms with Gasteiger partial charge in [0.25, 0.3) is 0 Å². The average Bonchev–Trinajstić information content (AvgIpc) is 2.09. The number of amides is 1. The summed E-state index contributed by atoms with van der Waals surface area (Å²) < 4.78 is 0. The molecule has 1 rings (SSSR count). The summed E-state index contributed by atoms with van der Waals surface area (Å²) in [7, 11) is 0. The molecule has 1 amide bonds. The molecule has 0 aliphatic carbocycles. The fraction of sp³-hybridized carbons (Fsp3) is 0.778. The molecule has 2 unspecified atom stereocenters. The van der Waals surface area contributed by atoms with Crippen LogP contribution < -0.4 is 10.6 Å². The van der Waals surface area contributed by atoms with Crippen LogP contribution in [0.5, 0.6) is 0 Å². The lowest BCUT2D eigenvalue weighted by molar-refractivity contribution is -0.124. The highest BCUT2D eigenvalue weighted by atomic mass is 16.2. The smallest absolute Gasteiger partial charge is 0.237 e. The summed E-state index contributed by atoms with van der Waals surface area (Å²) in [6, 6.07) is 2.07. The Bertz CT molecular complexity index is 221. The quantitative estimate of drug-likeness (QED) is 0.651. The standard InChI is InChI=1S/C9H15N3O/c1-7(4-5-10)12-8-3-2-6-11-9(8)13/h7-8,12H,2-4,6H2,1H3,(H,11,13). The monoisotopic (exact) mass is 181 g/mol. The van der Waals surface area contributed by atoms with Crippen molar-refractivity contribution in [2.24, 2.45) is 0 Å². The van der Waals surface area contributed by atoms with Crippen LogP contribution in [0.3, 0.4) is 0 Å². The molecule has 0 saturated carbocycles. The number of hydrogen-bond acceptors (Lipinski definition) is 3. The molecule has 0 radical (unpaired) electrons. The Morgan fingerprint density at radius 3 is 3.23 bits per heavy atom. The number of nitrogens with one attached hydrogen (secondary N) is 2. The van der Waals surface area contributed by atoms with E-state index in [1.165, 1.54) is 0 Å². The molecule has 72 valence electrons. The van der Waals surface area contributed by atoms with Gasteiger partial charge in [0.1, 0.15) is 0 Å². The Hall–Kier alpha value is -1.08. The third-order valence-electron chi connectivity index (χ3n) is 2.17. The molecule has 0 bridgehead atoms. The molecule has 1 aliphatic heterocycles. The minimum atomic E-state index is -0.0999. The van der Waals surface area contributed by atoms with Gasteiger partial charge in [0.2, 0.25) is 5.91 Å². The molecule has 2 N–H and O–H groups in total. The van der Waals surface area contributed by atoms with E-state index in [4.69, 9.17) is 5.26 Å². The van der Waals surface area contributed by atoms with Crippen LogP contribution >= 0.6 is 0 Å². The number of hydrogen-bond donors (Lipinski definition) is 2. The van der Waals surface area contributed by atoms with Gasteiger partial charge in [0, 0.05) is 12.6 Å². The minimum Gasteiger partial charge on any atom is -0.355 e. The Kier molecular flexibility index (Phi) is 3.71. The van der Waals surface area contributed by atoms with Gasteiger partial charge in [-0.05, 0) is 19.8 Å². The van der Waals surface area contributed by atoms with E-state index in [1.807, 2.05) is 6.92 Å². The molecular formula is C9H15N3O. The minimum absolute atomic E-state index is 0.0658. The SMILES string of the molecule is CC(CC#N)NC1CCCNC1=O. The molecule has 0 aromatic rings. The second-order valence-corrected chi connectivity index (χ2v) is 3.42. The molecule has 2 atom stereocenters. The maximum absolute atomic E-state index is 11.3. The van der Waals surface area contributed by atoms with Gasteiger partial charge in [-0.15, -0.1) is 0 Å². The summed E-state index contributed by atoms with van der Waals surface area (Å²) >= 11 is 0. The third-order valence-corrected chi connectivity index (χ3v) is 2.17. The van der Waals surface area contributed by atoms with Gasteiger partial charge in [0.05, 0.1) is 18.5 Å². The topological polar surface area (TPSA) is 64.9 Å². The normalized spacial score (nSPS) is 24.6. The molecule has 4 heteroatoms. The van der Waals surface area contributed by atoms with Crippen LogP contribution in [0, 0.1) is 11.3 Å². The summed E-state index contributed by atoms with van der Waals surface area (Å²) in [5, 5.41) is 14.4. The Labute approximate surface area is 78.3 Å². The zero-order valence-corrected chi connectivity index (χ0v) is 7.84. The first-order valence-corrected chi connectivity index (χ1v) is 4.64. The Balaban J connectivity index is 2.34. The number of nitriles is 1. The molecule has 1 aliphatic rings. The lowest BCUT2D eigenvalue weighted by Crippen LogP contribution is -2.50. The zero-order valence-electron chi connectivity index (χ0n) is 7.84. The highest BCUT2D eigenvalue weighted by Gasteiger charge is 2.22. The van der Waals surface area contributed by atoms with E-state index in [-0.39, 0.29) is 18.0 Å². The van der Waals surface area contributed by atoms with Gasteiger partial charge >= 0.3 is 0 Å². The summed E-state index contributed by atoms with van der Waals surface area (Å²) in [6.07, 6.45) is 2.34. The summed E-state index contributed by atoms with van der Waals surface area (Å²) in [4.78, 5) is 11.3. The van der Waals surface area contributed by atoms with Crippen LogP contribution in [-0.4, -0.2) is 24.5 Å². The summed E-state index contributed by atoms with van der Waals surface area (Å²) in [5.41, 5.74) is 0. The van der Waals surface area contributed by atoms with Crippen LogP contribution in [0.1, 0.15) is 26.2 Å². The van der Waals surface area contributed by atoms with Crippen molar-refractivity contribution in [1.29, 1.82) is 5.26 Å². The van der Waals surface area contributed by atoms with Crippen molar-refractivity contribution in [2.75, 3.05) is 6.54 Å². The van der Waals surface area contributed by atoms with E-state index in [1.54, 1.807) is 0 Å². The predicted octanol–water partition coefficient (Wildman–Crippen LogP) is 0.157. The molecule has 0 spiro atoms. The molecule has 13 heavy (non-hydrogen) atoms. The molecular weight excluding hydrogens is 166 g/mol. The maximum atomic E-state index is 11.3. The van der Waals surface area contributed by atoms with E-state index in [2.05, 4.69) is 16.7 Å². The van der Waals surface area contributed by atoms with Crippen LogP contribution in [0.15, 0.2) is 0 Å². The summed E-state index contributed by atoms with van der Waals surface area (Å²) in [5.74, 6) is 0.0658. The van der Waals surface area contributed by atoms with E-state index in [9.17, 15) is 4.79 Å². The van der Waals surface area contributed by atoms with Gasteiger partial charge in [-0.3, -0.25) is 4.79 Å². The zero-order chi connectivity index (χ0) is 9.68. The second kappa shape index (κ2) is 4.83.